The first-order chi connectivity index (χ1) is 11.3. The first-order valence-corrected chi connectivity index (χ1v) is 7.31. The number of aromatic nitrogens is 6. The van der Waals surface area contributed by atoms with Crippen LogP contribution in [0.4, 0.5) is 0 Å². The van der Waals surface area contributed by atoms with Crippen LogP contribution in [0.3, 0.4) is 0 Å². The normalized spacial score (nSPS) is 10.8. The van der Waals surface area contributed by atoms with Crippen LogP contribution in [0.2, 0.25) is 5.02 Å². The number of imidazole rings is 1. The fourth-order valence-corrected chi connectivity index (χ4v) is 2.69. The number of tetrazole rings is 1. The van der Waals surface area contributed by atoms with Gasteiger partial charge in [0.15, 0.2) is 0 Å². The first-order valence-electron chi connectivity index (χ1n) is 6.93. The molecule has 2 aromatic carbocycles. The van der Waals surface area contributed by atoms with Crippen molar-refractivity contribution in [2.24, 2.45) is 0 Å². The van der Waals surface area contributed by atoms with E-state index in [9.17, 15) is 0 Å². The molecular formula is C16H11ClN6. The Morgan fingerprint density at radius 3 is 2.48 bits per heavy atom. The van der Waals surface area contributed by atoms with Gasteiger partial charge in [0.2, 0.25) is 5.82 Å². The first kappa shape index (κ1) is 13.7. The lowest BCUT2D eigenvalue weighted by Crippen LogP contribution is -1.90. The third-order valence-corrected chi connectivity index (χ3v) is 3.87. The number of hydrogen-bond acceptors (Lipinski definition) is 4. The Bertz CT molecular complexity index is 914. The third-order valence-electron chi connectivity index (χ3n) is 3.55. The second kappa shape index (κ2) is 5.66. The van der Waals surface area contributed by atoms with Crippen molar-refractivity contribution in [3.05, 3.63) is 66.2 Å². The number of H-pyrrole nitrogens is 1. The van der Waals surface area contributed by atoms with Gasteiger partial charge in [-0.25, -0.2) is 4.98 Å². The quantitative estimate of drug-likeness (QED) is 0.627. The maximum absolute atomic E-state index is 6.42. The maximum Gasteiger partial charge on any atom is 0.204 e. The van der Waals surface area contributed by atoms with Gasteiger partial charge in [0, 0.05) is 34.2 Å². The van der Waals surface area contributed by atoms with E-state index in [1.54, 1.807) is 12.5 Å². The molecule has 0 bridgehead atoms. The summed E-state index contributed by atoms with van der Waals surface area (Å²) in [5, 5.41) is 14.5. The zero-order chi connectivity index (χ0) is 15.6. The summed E-state index contributed by atoms with van der Waals surface area (Å²) in [6.07, 6.45) is 5.42. The molecule has 4 aromatic rings. The molecule has 0 saturated carbocycles. The average molecular weight is 323 g/mol. The number of aromatic amines is 1. The number of rotatable bonds is 3. The van der Waals surface area contributed by atoms with Crippen LogP contribution in [0, 0.1) is 0 Å². The van der Waals surface area contributed by atoms with Crippen LogP contribution >= 0.6 is 11.6 Å². The summed E-state index contributed by atoms with van der Waals surface area (Å²) < 4.78 is 1.95. The minimum Gasteiger partial charge on any atom is -0.306 e. The van der Waals surface area contributed by atoms with Crippen molar-refractivity contribution in [3.63, 3.8) is 0 Å². The van der Waals surface area contributed by atoms with E-state index >= 15 is 0 Å². The van der Waals surface area contributed by atoms with Crippen molar-refractivity contribution in [2.45, 2.75) is 0 Å². The molecule has 2 heterocycles. The molecule has 0 atom stereocenters. The lowest BCUT2D eigenvalue weighted by atomic mass is 10.0. The molecule has 0 radical (unpaired) electrons. The minimum absolute atomic E-state index is 0.522. The molecule has 2 aromatic heterocycles. The van der Waals surface area contributed by atoms with Gasteiger partial charge in [0.1, 0.15) is 0 Å². The van der Waals surface area contributed by atoms with Gasteiger partial charge in [-0.3, -0.25) is 0 Å². The van der Waals surface area contributed by atoms with Crippen LogP contribution in [-0.4, -0.2) is 30.2 Å². The molecule has 6 nitrogen and oxygen atoms in total. The van der Waals surface area contributed by atoms with Gasteiger partial charge in [-0.1, -0.05) is 35.9 Å². The fourth-order valence-electron chi connectivity index (χ4n) is 2.40. The summed E-state index contributed by atoms with van der Waals surface area (Å²) in [4.78, 5) is 4.05. The molecule has 0 saturated heterocycles. The van der Waals surface area contributed by atoms with Gasteiger partial charge in [-0.05, 0) is 29.0 Å². The van der Waals surface area contributed by atoms with Gasteiger partial charge >= 0.3 is 0 Å². The van der Waals surface area contributed by atoms with E-state index in [0.29, 0.717) is 10.8 Å². The highest BCUT2D eigenvalue weighted by atomic mass is 35.5. The Morgan fingerprint density at radius 2 is 1.83 bits per heavy atom. The molecule has 7 heteroatoms. The molecule has 0 unspecified atom stereocenters. The Balaban J connectivity index is 1.68. The predicted octanol–water partition coefficient (Wildman–Crippen LogP) is 3.37. The molecule has 0 spiro atoms. The SMILES string of the molecule is Clc1cc(-c2nn[nH]n2)ccc1-c1ccc(-n2ccnc2)cc1. The zero-order valence-electron chi connectivity index (χ0n) is 11.9. The molecule has 0 fully saturated rings. The number of benzene rings is 2. The van der Waals surface area contributed by atoms with Crippen molar-refractivity contribution in [1.29, 1.82) is 0 Å². The molecule has 112 valence electrons. The van der Waals surface area contributed by atoms with Crippen LogP contribution in [-0.2, 0) is 0 Å². The molecule has 23 heavy (non-hydrogen) atoms. The lowest BCUT2D eigenvalue weighted by Gasteiger charge is -2.08. The highest BCUT2D eigenvalue weighted by Gasteiger charge is 2.08. The van der Waals surface area contributed by atoms with Gasteiger partial charge < -0.3 is 4.57 Å². The van der Waals surface area contributed by atoms with Crippen molar-refractivity contribution < 1.29 is 0 Å². The summed E-state index contributed by atoms with van der Waals surface area (Å²) in [7, 11) is 0. The van der Waals surface area contributed by atoms with Crippen LogP contribution < -0.4 is 0 Å². The maximum atomic E-state index is 6.42. The zero-order valence-corrected chi connectivity index (χ0v) is 12.6. The highest BCUT2D eigenvalue weighted by Crippen LogP contribution is 2.31. The Hall–Kier alpha value is -2.99. The number of nitrogens with zero attached hydrogens (tertiary/aromatic N) is 5. The Morgan fingerprint density at radius 1 is 1.00 bits per heavy atom. The summed E-state index contributed by atoms with van der Waals surface area (Å²) in [5.41, 5.74) is 3.86. The number of nitrogens with one attached hydrogen (secondary N) is 1. The largest absolute Gasteiger partial charge is 0.306 e. The summed E-state index contributed by atoms with van der Waals surface area (Å²) in [6, 6.07) is 13.8. The minimum atomic E-state index is 0.522. The predicted molar refractivity (Wildman–Crippen MR) is 87.2 cm³/mol. The molecule has 4 rings (SSSR count). The smallest absolute Gasteiger partial charge is 0.204 e. The van der Waals surface area contributed by atoms with Gasteiger partial charge in [-0.2, -0.15) is 5.21 Å². The molecule has 1 N–H and O–H groups in total. The van der Waals surface area contributed by atoms with Crippen LogP contribution in [0.15, 0.2) is 61.2 Å². The Kier molecular flexibility index (Phi) is 3.36. The van der Waals surface area contributed by atoms with Crippen LogP contribution in [0.5, 0.6) is 0 Å². The van der Waals surface area contributed by atoms with E-state index in [4.69, 9.17) is 11.6 Å². The second-order valence-electron chi connectivity index (χ2n) is 4.95. The summed E-state index contributed by atoms with van der Waals surface area (Å²) >= 11 is 6.42. The summed E-state index contributed by atoms with van der Waals surface area (Å²) in [6.45, 7) is 0. The van der Waals surface area contributed by atoms with Crippen molar-refractivity contribution in [1.82, 2.24) is 30.2 Å². The molecule has 0 amide bonds. The van der Waals surface area contributed by atoms with Gasteiger partial charge in [0.05, 0.1) is 6.33 Å². The van der Waals surface area contributed by atoms with E-state index in [1.807, 2.05) is 53.2 Å². The third kappa shape index (κ3) is 2.60. The number of hydrogen-bond donors (Lipinski definition) is 1. The van der Waals surface area contributed by atoms with E-state index < -0.39 is 0 Å². The standard InChI is InChI=1S/C16H11ClN6/c17-15-9-12(16-19-21-22-20-16)3-6-14(15)11-1-4-13(5-2-11)23-8-7-18-10-23/h1-10H,(H,19,20,21,22). The molecule has 0 aliphatic heterocycles. The van der Waals surface area contributed by atoms with E-state index in [0.717, 1.165) is 22.4 Å². The molecular weight excluding hydrogens is 312 g/mol. The highest BCUT2D eigenvalue weighted by molar-refractivity contribution is 6.33. The van der Waals surface area contributed by atoms with Crippen molar-refractivity contribution in [2.75, 3.05) is 0 Å². The van der Waals surface area contributed by atoms with Gasteiger partial charge in [0.25, 0.3) is 0 Å². The average Bonchev–Trinajstić information content (AvgIpc) is 3.29. The number of halogens is 1. The van der Waals surface area contributed by atoms with Gasteiger partial charge in [-0.15, -0.1) is 10.2 Å². The summed E-state index contributed by atoms with van der Waals surface area (Å²) in [5.74, 6) is 0.522. The van der Waals surface area contributed by atoms with E-state index in [2.05, 4.69) is 25.6 Å². The van der Waals surface area contributed by atoms with Crippen molar-refractivity contribution in [3.8, 4) is 28.2 Å². The van der Waals surface area contributed by atoms with Crippen LogP contribution in [0.1, 0.15) is 0 Å². The van der Waals surface area contributed by atoms with E-state index in [1.165, 1.54) is 0 Å². The van der Waals surface area contributed by atoms with E-state index in [-0.39, 0.29) is 0 Å². The molecule has 0 aliphatic rings. The fraction of sp³-hybridized carbons (Fsp3) is 0. The molecule has 0 aliphatic carbocycles. The van der Waals surface area contributed by atoms with Crippen molar-refractivity contribution >= 4 is 11.6 Å². The van der Waals surface area contributed by atoms with Crippen LogP contribution in [0.25, 0.3) is 28.2 Å². The second-order valence-corrected chi connectivity index (χ2v) is 5.35. The lowest BCUT2D eigenvalue weighted by molar-refractivity contribution is 0.881. The topological polar surface area (TPSA) is 72.3 Å². The Labute approximate surface area is 136 Å². The monoisotopic (exact) mass is 322 g/mol.